The zero-order valence-electron chi connectivity index (χ0n) is 47.9. The number of carbonyl (C=O) groups excluding carboxylic acids is 5. The highest BCUT2D eigenvalue weighted by atomic mass is 16.6. The van der Waals surface area contributed by atoms with Crippen molar-refractivity contribution in [2.24, 2.45) is 39.4 Å². The predicted octanol–water partition coefficient (Wildman–Crippen LogP) is 11.6. The Bertz CT molecular complexity index is 3250. The zero-order chi connectivity index (χ0) is 60.6. The van der Waals surface area contributed by atoms with Crippen molar-refractivity contribution < 1.29 is 62.6 Å². The first kappa shape index (κ1) is 60.9. The first-order valence-electron chi connectivity index (χ1n) is 27.9. The summed E-state index contributed by atoms with van der Waals surface area (Å²) in [5, 5.41) is 45.9. The molecule has 3 fully saturated rings. The number of nitro groups is 4. The molecule has 83 heavy (non-hydrogen) atoms. The van der Waals surface area contributed by atoms with Gasteiger partial charge in [0.1, 0.15) is 23.6 Å². The average molecular weight is 1140 g/mol. The number of benzene rings is 4. The van der Waals surface area contributed by atoms with Gasteiger partial charge in [-0.1, -0.05) is 101 Å². The van der Waals surface area contributed by atoms with E-state index in [0.29, 0.717) is 54.4 Å². The zero-order valence-corrected chi connectivity index (χ0v) is 47.9. The summed E-state index contributed by atoms with van der Waals surface area (Å²) in [5.74, 6) is -3.44. The van der Waals surface area contributed by atoms with Crippen LogP contribution in [0.15, 0.2) is 108 Å². The van der Waals surface area contributed by atoms with E-state index in [9.17, 15) is 64.4 Å². The van der Waals surface area contributed by atoms with Crippen LogP contribution >= 0.6 is 0 Å². The molecule has 0 aliphatic heterocycles. The summed E-state index contributed by atoms with van der Waals surface area (Å²) in [7, 11) is 0. The van der Waals surface area contributed by atoms with E-state index in [-0.39, 0.29) is 66.1 Å². The van der Waals surface area contributed by atoms with Crippen molar-refractivity contribution in [3.05, 3.63) is 171 Å². The number of nitrogens with zero attached hydrogens (tertiary/aromatic N) is 4. The molecule has 3 saturated carbocycles. The van der Waals surface area contributed by atoms with Crippen LogP contribution in [0, 0.1) is 79.9 Å². The summed E-state index contributed by atoms with van der Waals surface area (Å²) >= 11 is 0. The van der Waals surface area contributed by atoms with Crippen LogP contribution in [-0.4, -0.2) is 73.3 Å². The average Bonchev–Trinajstić information content (AvgIpc) is 1.76. The van der Waals surface area contributed by atoms with Crippen LogP contribution in [0.25, 0.3) is 0 Å². The summed E-state index contributed by atoms with van der Waals surface area (Å²) < 4.78 is 25.6. The highest BCUT2D eigenvalue weighted by molar-refractivity contribution is 5.85. The molecule has 4 aromatic rings. The van der Waals surface area contributed by atoms with Gasteiger partial charge in [-0.3, -0.25) is 64.4 Å². The Morgan fingerprint density at radius 1 is 0.590 bits per heavy atom. The molecule has 0 saturated heterocycles. The number of ether oxygens (including phenoxy) is 4. The molecule has 0 bridgehead atoms. The smallest absolute Gasteiger partial charge is 0.310 e. The van der Waals surface area contributed by atoms with Gasteiger partial charge >= 0.3 is 23.9 Å². The topological polar surface area (TPSA) is 295 Å². The summed E-state index contributed by atoms with van der Waals surface area (Å²) in [6.07, 6.45) is -0.731. The Kier molecular flexibility index (Phi) is 17.3. The van der Waals surface area contributed by atoms with Gasteiger partial charge in [0.15, 0.2) is 6.10 Å². The number of esters is 4. The summed E-state index contributed by atoms with van der Waals surface area (Å²) in [4.78, 5) is 114. The summed E-state index contributed by atoms with van der Waals surface area (Å²) in [5.41, 5.74) is -0.787. The third-order valence-corrected chi connectivity index (χ3v) is 19.0. The Hall–Kier alpha value is -8.23. The molecule has 0 unspecified atom stereocenters. The fraction of sp³-hybridized carbons (Fsp3) is 0.500. The molecule has 4 aliphatic rings. The normalized spacial score (nSPS) is 24.6. The van der Waals surface area contributed by atoms with Gasteiger partial charge in [0.2, 0.25) is 0 Å². The number of non-ortho nitro benzene ring substituents is 4. The lowest BCUT2D eigenvalue weighted by molar-refractivity contribution is -0.385. The minimum Gasteiger partial charge on any atom is -0.461 e. The molecule has 440 valence electrons. The summed E-state index contributed by atoms with van der Waals surface area (Å²) in [6, 6.07) is 21.7. The lowest BCUT2D eigenvalue weighted by Gasteiger charge is -2.69. The third-order valence-electron chi connectivity index (χ3n) is 19.0. The molecule has 4 aromatic carbocycles. The molecular weight excluding hydrogens is 1070 g/mol. The number of Topliss-reactive ketones (excluding diaryl/α,β-unsaturated/α-hetero) is 1. The molecule has 0 radical (unpaired) electrons. The second-order valence-corrected chi connectivity index (χ2v) is 24.8. The van der Waals surface area contributed by atoms with E-state index < -0.39 is 101 Å². The fourth-order valence-electron chi connectivity index (χ4n) is 14.7. The van der Waals surface area contributed by atoms with E-state index in [1.54, 1.807) is 0 Å². The first-order valence-corrected chi connectivity index (χ1v) is 27.9. The molecule has 9 atom stereocenters. The van der Waals surface area contributed by atoms with Gasteiger partial charge in [0, 0.05) is 72.7 Å². The number of rotatable bonds is 21. The quantitative estimate of drug-likeness (QED) is 0.0246. The molecule has 0 N–H and O–H groups in total. The minimum absolute atomic E-state index is 0.00721. The summed E-state index contributed by atoms with van der Waals surface area (Å²) in [6.45, 7) is 15.8. The van der Waals surface area contributed by atoms with E-state index in [4.69, 9.17) is 18.9 Å². The van der Waals surface area contributed by atoms with Gasteiger partial charge in [-0.25, -0.2) is 0 Å². The molecule has 0 heterocycles. The SMILES string of the molecule is C[C@H](C[C@H](OC(=O)Cc1ccc([N+](=O)[O-])cc1)[C@@H](OC(=O)Cc1ccc([N+](=O)[O-])cc1)C(C)(C)OC(=O)Cc1ccc([N+](=O)[O-])cc1)C1=C2C[C@H](OC(=O)Cc3ccc([N+](=O)[O-])cc3)[C@H]3[C@@]4(C)CCC(=O)C(C)(C)[C@@H]4CC[C@]3(C)[C@@]2(C)CC1. The monoisotopic (exact) mass is 1140 g/mol. The van der Waals surface area contributed by atoms with Crippen LogP contribution in [0.4, 0.5) is 22.7 Å². The van der Waals surface area contributed by atoms with Gasteiger partial charge in [-0.15, -0.1) is 0 Å². The highest BCUT2D eigenvalue weighted by Crippen LogP contribution is 2.74. The van der Waals surface area contributed by atoms with E-state index >= 15 is 0 Å². The fourth-order valence-corrected chi connectivity index (χ4v) is 14.7. The van der Waals surface area contributed by atoms with Crippen molar-refractivity contribution in [1.29, 1.82) is 0 Å². The van der Waals surface area contributed by atoms with E-state index in [0.717, 1.165) is 24.0 Å². The maximum absolute atomic E-state index is 14.4. The lowest BCUT2D eigenvalue weighted by Crippen LogP contribution is -2.66. The van der Waals surface area contributed by atoms with Crippen molar-refractivity contribution in [2.75, 3.05) is 0 Å². The molecule has 4 aliphatic carbocycles. The Balaban J connectivity index is 1.18. The molecule has 0 spiro atoms. The second kappa shape index (κ2) is 23.6. The number of ketones is 1. The van der Waals surface area contributed by atoms with Gasteiger partial charge in [-0.2, -0.15) is 0 Å². The van der Waals surface area contributed by atoms with Gasteiger partial charge < -0.3 is 18.9 Å². The standard InChI is InChI=1S/C62H70N4O17/c1-37(46-25-29-61(7)47(46)36-48(80-52(68)32-38-9-17-42(18-10-38)63(72)73)56-60(6)28-27-51(67)58(2,3)50(60)26-30-62(56,61)8)31-49(81-53(69)33-39-11-19-43(20-12-39)64(74)75)57(82-54(70)34-40-13-21-44(22-14-40)65(76)77)59(4,5)83-55(71)35-41-15-23-45(24-16-41)66(78)79/h9-24,37,48-50,56-57H,25-36H2,1-8H3/t37-,48+,49+,50+,56+,57-,60+,61+,62+/m1/s1. The molecule has 0 aromatic heterocycles. The molecular formula is C62H70N4O17. The van der Waals surface area contributed by atoms with E-state index in [2.05, 4.69) is 20.8 Å². The number of allylic oxidation sites excluding steroid dienone is 1. The number of fused-ring (bicyclic) bond motifs is 5. The van der Waals surface area contributed by atoms with Crippen molar-refractivity contribution in [3.63, 3.8) is 0 Å². The minimum atomic E-state index is -1.78. The third kappa shape index (κ3) is 12.6. The number of hydrogen-bond acceptors (Lipinski definition) is 17. The van der Waals surface area contributed by atoms with Crippen LogP contribution < -0.4 is 0 Å². The Morgan fingerprint density at radius 3 is 1.46 bits per heavy atom. The molecule has 21 nitrogen and oxygen atoms in total. The predicted molar refractivity (Wildman–Crippen MR) is 300 cm³/mol. The Labute approximate surface area is 480 Å². The van der Waals surface area contributed by atoms with Gasteiger partial charge in [-0.05, 0) is 103 Å². The van der Waals surface area contributed by atoms with Crippen LogP contribution in [0.1, 0.15) is 129 Å². The van der Waals surface area contributed by atoms with Crippen LogP contribution in [0.2, 0.25) is 0 Å². The van der Waals surface area contributed by atoms with Gasteiger partial charge in [0.25, 0.3) is 22.7 Å². The Morgan fingerprint density at radius 2 is 1.01 bits per heavy atom. The van der Waals surface area contributed by atoms with Crippen molar-refractivity contribution in [1.82, 2.24) is 0 Å². The highest BCUT2D eigenvalue weighted by Gasteiger charge is 2.70. The van der Waals surface area contributed by atoms with Crippen molar-refractivity contribution in [3.8, 4) is 0 Å². The maximum Gasteiger partial charge on any atom is 0.310 e. The maximum atomic E-state index is 14.4. The van der Waals surface area contributed by atoms with E-state index in [1.165, 1.54) is 111 Å². The van der Waals surface area contributed by atoms with Crippen LogP contribution in [-0.2, 0) is 68.6 Å². The number of nitro benzene ring substituents is 4. The van der Waals surface area contributed by atoms with E-state index in [1.807, 2.05) is 20.8 Å². The number of hydrogen-bond donors (Lipinski definition) is 0. The largest absolute Gasteiger partial charge is 0.461 e. The lowest BCUT2D eigenvalue weighted by atomic mass is 9.36. The number of carbonyl (C=O) groups is 5. The van der Waals surface area contributed by atoms with Crippen LogP contribution in [0.5, 0.6) is 0 Å². The first-order chi connectivity index (χ1) is 38.9. The second-order valence-electron chi connectivity index (χ2n) is 24.8. The van der Waals surface area contributed by atoms with Crippen molar-refractivity contribution >= 4 is 52.4 Å². The van der Waals surface area contributed by atoms with Crippen molar-refractivity contribution in [2.45, 2.75) is 156 Å². The molecule has 21 heteroatoms. The van der Waals surface area contributed by atoms with Crippen LogP contribution in [0.3, 0.4) is 0 Å². The molecule has 8 rings (SSSR count). The van der Waals surface area contributed by atoms with Gasteiger partial charge in [0.05, 0.1) is 45.4 Å². The molecule has 0 amide bonds.